The predicted molar refractivity (Wildman–Crippen MR) is 70.4 cm³/mol. The molecule has 3 heteroatoms. The molecule has 0 bridgehead atoms. The van der Waals surface area contributed by atoms with Crippen molar-refractivity contribution in [3.63, 3.8) is 0 Å². The molecule has 1 rings (SSSR count). The quantitative estimate of drug-likeness (QED) is 0.847. The van der Waals surface area contributed by atoms with Gasteiger partial charge >= 0.3 is 0 Å². The van der Waals surface area contributed by atoms with E-state index in [-0.39, 0.29) is 5.92 Å². The van der Waals surface area contributed by atoms with Crippen LogP contribution in [-0.4, -0.2) is 13.7 Å². The highest BCUT2D eigenvalue weighted by Crippen LogP contribution is 2.26. The third kappa shape index (κ3) is 3.39. The summed E-state index contributed by atoms with van der Waals surface area (Å²) in [6.07, 6.45) is 0.873. The molecule has 1 atom stereocenters. The van der Waals surface area contributed by atoms with Gasteiger partial charge < -0.3 is 10.1 Å². The average Bonchev–Trinajstić information content (AvgIpc) is 2.34. The number of ether oxygens (including phenoxy) is 1. The minimum Gasteiger partial charge on any atom is -0.496 e. The van der Waals surface area contributed by atoms with Gasteiger partial charge in [-0.05, 0) is 43.5 Å². The summed E-state index contributed by atoms with van der Waals surface area (Å²) in [6.45, 7) is 6.78. The number of nitrogens with zero attached hydrogens (tertiary/aromatic N) is 1. The SMILES string of the molecule is CCC(C#N)CNc1cc(C)c(OC)cc1C. The third-order valence-corrected chi connectivity index (χ3v) is 2.96. The molecule has 0 amide bonds. The largest absolute Gasteiger partial charge is 0.496 e. The first-order valence-corrected chi connectivity index (χ1v) is 5.91. The number of anilines is 1. The van der Waals surface area contributed by atoms with E-state index >= 15 is 0 Å². The van der Waals surface area contributed by atoms with Crippen molar-refractivity contribution in [3.05, 3.63) is 23.3 Å². The fourth-order valence-corrected chi connectivity index (χ4v) is 1.71. The molecule has 0 saturated heterocycles. The first-order chi connectivity index (χ1) is 8.12. The number of nitrogens with one attached hydrogen (secondary N) is 1. The number of methoxy groups -OCH3 is 1. The number of aryl methyl sites for hydroxylation is 2. The Labute approximate surface area is 103 Å². The van der Waals surface area contributed by atoms with E-state index in [1.165, 1.54) is 0 Å². The van der Waals surface area contributed by atoms with Crippen LogP contribution in [0.3, 0.4) is 0 Å². The van der Waals surface area contributed by atoms with E-state index in [1.54, 1.807) is 7.11 Å². The van der Waals surface area contributed by atoms with Crippen LogP contribution in [0.5, 0.6) is 5.75 Å². The van der Waals surface area contributed by atoms with Crippen molar-refractivity contribution in [2.75, 3.05) is 19.0 Å². The summed E-state index contributed by atoms with van der Waals surface area (Å²) in [5.41, 5.74) is 3.32. The zero-order valence-corrected chi connectivity index (χ0v) is 11.0. The van der Waals surface area contributed by atoms with Gasteiger partial charge in [0.1, 0.15) is 5.75 Å². The minimum atomic E-state index is 0.0665. The molecule has 0 aliphatic rings. The van der Waals surface area contributed by atoms with E-state index in [4.69, 9.17) is 10.00 Å². The lowest BCUT2D eigenvalue weighted by molar-refractivity contribution is 0.411. The molecule has 0 aliphatic heterocycles. The third-order valence-electron chi connectivity index (χ3n) is 2.96. The molecule has 0 radical (unpaired) electrons. The molecule has 3 nitrogen and oxygen atoms in total. The zero-order valence-electron chi connectivity index (χ0n) is 11.0. The summed E-state index contributed by atoms with van der Waals surface area (Å²) in [4.78, 5) is 0. The van der Waals surface area contributed by atoms with Gasteiger partial charge in [0.15, 0.2) is 0 Å². The minimum absolute atomic E-state index is 0.0665. The molecule has 0 heterocycles. The second kappa shape index (κ2) is 6.15. The lowest BCUT2D eigenvalue weighted by atomic mass is 10.1. The van der Waals surface area contributed by atoms with E-state index in [0.29, 0.717) is 6.54 Å². The van der Waals surface area contributed by atoms with Crippen molar-refractivity contribution in [1.29, 1.82) is 5.26 Å². The maximum absolute atomic E-state index is 8.90. The predicted octanol–water partition coefficient (Wildman–Crippen LogP) is 3.27. The lowest BCUT2D eigenvalue weighted by Crippen LogP contribution is -2.12. The highest BCUT2D eigenvalue weighted by Gasteiger charge is 2.07. The Balaban J connectivity index is 2.79. The standard InChI is InChI=1S/C14H20N2O/c1-5-12(8-15)9-16-13-6-11(3)14(17-4)7-10(13)2/h6-7,12,16H,5,9H2,1-4H3. The Kier molecular flexibility index (Phi) is 4.84. The van der Waals surface area contributed by atoms with Crippen molar-refractivity contribution in [3.8, 4) is 11.8 Å². The molecule has 1 unspecified atom stereocenters. The fraction of sp³-hybridized carbons (Fsp3) is 0.500. The molecule has 0 fully saturated rings. The molecular weight excluding hydrogens is 212 g/mol. The van der Waals surface area contributed by atoms with Crippen LogP contribution in [0.1, 0.15) is 24.5 Å². The summed E-state index contributed by atoms with van der Waals surface area (Å²) in [5, 5.41) is 12.2. The Morgan fingerprint density at radius 1 is 1.35 bits per heavy atom. The van der Waals surface area contributed by atoms with E-state index in [2.05, 4.69) is 17.5 Å². The molecule has 1 N–H and O–H groups in total. The zero-order chi connectivity index (χ0) is 12.8. The molecule has 0 aliphatic carbocycles. The first kappa shape index (κ1) is 13.4. The first-order valence-electron chi connectivity index (χ1n) is 5.91. The van der Waals surface area contributed by atoms with E-state index < -0.39 is 0 Å². The molecule has 92 valence electrons. The van der Waals surface area contributed by atoms with Gasteiger partial charge in [0, 0.05) is 12.2 Å². The summed E-state index contributed by atoms with van der Waals surface area (Å²) >= 11 is 0. The van der Waals surface area contributed by atoms with Crippen LogP contribution in [0.4, 0.5) is 5.69 Å². The summed E-state index contributed by atoms with van der Waals surface area (Å²) in [7, 11) is 1.68. The molecular formula is C14H20N2O. The van der Waals surface area contributed by atoms with Gasteiger partial charge in [-0.25, -0.2) is 0 Å². The van der Waals surface area contributed by atoms with Gasteiger partial charge in [-0.15, -0.1) is 0 Å². The number of benzene rings is 1. The van der Waals surface area contributed by atoms with Gasteiger partial charge in [0.25, 0.3) is 0 Å². The van der Waals surface area contributed by atoms with Crippen molar-refractivity contribution >= 4 is 5.69 Å². The summed E-state index contributed by atoms with van der Waals surface area (Å²) in [6, 6.07) is 6.38. The second-order valence-electron chi connectivity index (χ2n) is 4.25. The average molecular weight is 232 g/mol. The van der Waals surface area contributed by atoms with Crippen LogP contribution in [0.25, 0.3) is 0 Å². The van der Waals surface area contributed by atoms with Crippen molar-refractivity contribution < 1.29 is 4.74 Å². The Morgan fingerprint density at radius 2 is 2.06 bits per heavy atom. The highest BCUT2D eigenvalue weighted by atomic mass is 16.5. The van der Waals surface area contributed by atoms with Crippen LogP contribution in [-0.2, 0) is 0 Å². The molecule has 0 aromatic heterocycles. The van der Waals surface area contributed by atoms with Crippen LogP contribution in [0, 0.1) is 31.1 Å². The normalized spacial score (nSPS) is 11.7. The van der Waals surface area contributed by atoms with Crippen LogP contribution in [0.2, 0.25) is 0 Å². The fourth-order valence-electron chi connectivity index (χ4n) is 1.71. The maximum atomic E-state index is 8.90. The molecule has 0 spiro atoms. The van der Waals surface area contributed by atoms with Gasteiger partial charge in [-0.2, -0.15) is 5.26 Å². The Morgan fingerprint density at radius 3 is 2.59 bits per heavy atom. The van der Waals surface area contributed by atoms with Crippen molar-refractivity contribution in [1.82, 2.24) is 0 Å². The molecule has 1 aromatic carbocycles. The highest BCUT2D eigenvalue weighted by molar-refractivity contribution is 5.57. The topological polar surface area (TPSA) is 45.0 Å². The molecule has 1 aromatic rings. The van der Waals surface area contributed by atoms with Crippen LogP contribution < -0.4 is 10.1 Å². The maximum Gasteiger partial charge on any atom is 0.122 e. The molecule has 17 heavy (non-hydrogen) atoms. The number of nitriles is 1. The Hall–Kier alpha value is -1.69. The monoisotopic (exact) mass is 232 g/mol. The lowest BCUT2D eigenvalue weighted by Gasteiger charge is -2.14. The van der Waals surface area contributed by atoms with Gasteiger partial charge in [0.05, 0.1) is 19.1 Å². The molecule has 0 saturated carbocycles. The van der Waals surface area contributed by atoms with E-state index in [1.807, 2.05) is 26.8 Å². The number of hydrogen-bond acceptors (Lipinski definition) is 3. The summed E-state index contributed by atoms with van der Waals surface area (Å²) < 4.78 is 5.27. The smallest absolute Gasteiger partial charge is 0.122 e. The Bertz CT molecular complexity index is 421. The van der Waals surface area contributed by atoms with Gasteiger partial charge in [0.2, 0.25) is 0 Å². The van der Waals surface area contributed by atoms with Crippen LogP contribution >= 0.6 is 0 Å². The summed E-state index contributed by atoms with van der Waals surface area (Å²) in [5.74, 6) is 0.970. The second-order valence-corrected chi connectivity index (χ2v) is 4.25. The van der Waals surface area contributed by atoms with Gasteiger partial charge in [-0.1, -0.05) is 6.92 Å². The van der Waals surface area contributed by atoms with Crippen LogP contribution in [0.15, 0.2) is 12.1 Å². The van der Waals surface area contributed by atoms with Gasteiger partial charge in [-0.3, -0.25) is 0 Å². The number of hydrogen-bond donors (Lipinski definition) is 1. The van der Waals surface area contributed by atoms with Crippen molar-refractivity contribution in [2.45, 2.75) is 27.2 Å². The van der Waals surface area contributed by atoms with E-state index in [9.17, 15) is 0 Å². The van der Waals surface area contributed by atoms with E-state index in [0.717, 1.165) is 29.0 Å². The number of rotatable bonds is 5. The van der Waals surface area contributed by atoms with Crippen molar-refractivity contribution in [2.24, 2.45) is 5.92 Å².